The van der Waals surface area contributed by atoms with Crippen LogP contribution in [-0.4, -0.2) is 148 Å². The zero-order valence-electron chi connectivity index (χ0n) is 41.9. The van der Waals surface area contributed by atoms with Crippen LogP contribution in [0.1, 0.15) is 45.6 Å². The van der Waals surface area contributed by atoms with Gasteiger partial charge in [-0.1, -0.05) is 52.3 Å². The number of aliphatic hydroxyl groups excluding tert-OH is 2. The normalized spacial score (nSPS) is 14.9. The molecular weight excluding hydrogens is 1070 g/mol. The summed E-state index contributed by atoms with van der Waals surface area (Å²) in [5.74, 6) is -1.42. The first-order chi connectivity index (χ1) is 37.4. The number of aromatic hydroxyl groups is 1. The number of aromatic nitrogens is 4. The third kappa shape index (κ3) is 16.0. The van der Waals surface area contributed by atoms with Crippen molar-refractivity contribution in [2.24, 2.45) is 0 Å². The first kappa shape index (κ1) is 58.6. The van der Waals surface area contributed by atoms with Gasteiger partial charge < -0.3 is 48.8 Å². The summed E-state index contributed by atoms with van der Waals surface area (Å²) in [6.45, 7) is 4.87. The Morgan fingerprint density at radius 1 is 0.494 bits per heavy atom. The number of carbonyl (C=O) groups excluding carboxylic acids is 4. The summed E-state index contributed by atoms with van der Waals surface area (Å²) in [4.78, 5) is 105. The van der Waals surface area contributed by atoms with Crippen LogP contribution in [0.3, 0.4) is 0 Å². The Labute approximate surface area is 449 Å². The number of carbonyl (C=O) groups is 4. The average molecular weight is 1130 g/mol. The van der Waals surface area contributed by atoms with Gasteiger partial charge in [-0.25, -0.2) is 9.59 Å². The molecule has 408 valence electrons. The van der Waals surface area contributed by atoms with E-state index in [2.05, 4.69) is 15.9 Å². The van der Waals surface area contributed by atoms with E-state index >= 15 is 0 Å². The molecule has 6 aromatic rings. The molecule has 0 aliphatic carbocycles. The number of alkyl halides is 1. The van der Waals surface area contributed by atoms with Gasteiger partial charge in [0.1, 0.15) is 30.2 Å². The summed E-state index contributed by atoms with van der Waals surface area (Å²) in [5.41, 5.74) is -1.56. The SMILES string of the molecule is O=C1C(n2ccc(=O)n(C(=O)c3ccccc3)c2=O)CCN1c1ccc(O)cc1.O=C1C(n2ccc(=O)n(C(=O)c3ccccc3)c2=O)CCN1c1ccc(OCCOCCOCCO)cc1.OCCOCCOCCBr. The standard InChI is InChI=1S/C27H29N3O8.C21H17N3O5.C6H13BrO3/c31-14-15-36-16-17-37-18-19-38-22-8-6-21(7-9-22)28-12-10-23(26(28)34)29-13-11-24(32)30(27(29)35)25(33)20-4-2-1-3-5-20;25-16-8-6-15(7-9-16)22-12-10-17(20(22)28)23-13-11-18(26)24(21(23)29)19(27)14-4-2-1-3-5-14;7-1-3-9-5-6-10-4-2-8/h1-9,11,13,23,31H,10,12,14-19H2;1-9,11,13,17,25H,10,12H2;8H,1-6H2. The molecule has 2 unspecified atom stereocenters. The van der Waals surface area contributed by atoms with Crippen LogP contribution in [0, 0.1) is 0 Å². The number of aliphatic hydroxyl groups is 2. The fourth-order valence-corrected chi connectivity index (χ4v) is 8.24. The molecule has 2 amide bonds. The largest absolute Gasteiger partial charge is 0.508 e. The van der Waals surface area contributed by atoms with E-state index in [0.29, 0.717) is 105 Å². The van der Waals surface area contributed by atoms with Gasteiger partial charge >= 0.3 is 11.4 Å². The van der Waals surface area contributed by atoms with Crippen molar-refractivity contribution in [3.63, 3.8) is 0 Å². The summed E-state index contributed by atoms with van der Waals surface area (Å²) in [6.07, 6.45) is 3.21. The molecule has 0 radical (unpaired) electrons. The van der Waals surface area contributed by atoms with Crippen molar-refractivity contribution in [3.05, 3.63) is 187 Å². The van der Waals surface area contributed by atoms with Crippen LogP contribution >= 0.6 is 15.9 Å². The van der Waals surface area contributed by atoms with Crippen LogP contribution in [0.15, 0.2) is 153 Å². The van der Waals surface area contributed by atoms with Gasteiger partial charge in [0.15, 0.2) is 0 Å². The number of ether oxygens (including phenoxy) is 5. The first-order valence-corrected chi connectivity index (χ1v) is 25.6. The number of rotatable bonds is 22. The van der Waals surface area contributed by atoms with E-state index in [1.807, 2.05) is 0 Å². The summed E-state index contributed by atoms with van der Waals surface area (Å²) >= 11 is 3.23. The fraction of sp³-hybridized carbons (Fsp3) is 0.333. The quantitative estimate of drug-likeness (QED) is 0.0652. The minimum absolute atomic E-state index is 0.0222. The molecule has 23 heteroatoms. The highest BCUT2D eigenvalue weighted by atomic mass is 79.9. The van der Waals surface area contributed by atoms with Crippen LogP contribution < -0.4 is 37.0 Å². The summed E-state index contributed by atoms with van der Waals surface area (Å²) in [6, 6.07) is 29.8. The van der Waals surface area contributed by atoms with E-state index in [0.717, 1.165) is 26.6 Å². The van der Waals surface area contributed by atoms with Gasteiger partial charge in [0.25, 0.3) is 22.9 Å². The number of hydrogen-bond donors (Lipinski definition) is 3. The Kier molecular flexibility index (Phi) is 23.0. The van der Waals surface area contributed by atoms with Crippen molar-refractivity contribution in [2.45, 2.75) is 24.9 Å². The molecule has 4 aromatic carbocycles. The minimum atomic E-state index is -0.850. The molecule has 77 heavy (non-hydrogen) atoms. The summed E-state index contributed by atoms with van der Waals surface area (Å²) in [7, 11) is 0. The second-order valence-electron chi connectivity index (χ2n) is 16.7. The number of anilines is 2. The molecule has 22 nitrogen and oxygen atoms in total. The lowest BCUT2D eigenvalue weighted by Crippen LogP contribution is -2.45. The molecule has 2 fully saturated rings. The first-order valence-electron chi connectivity index (χ1n) is 24.5. The third-order valence-electron chi connectivity index (χ3n) is 11.7. The number of halogens is 1. The van der Waals surface area contributed by atoms with Crippen LogP contribution in [0.2, 0.25) is 0 Å². The number of phenolic OH excluding ortho intramolecular Hbond substituents is 1. The minimum Gasteiger partial charge on any atom is -0.508 e. The van der Waals surface area contributed by atoms with Gasteiger partial charge in [-0.05, 0) is 85.6 Å². The lowest BCUT2D eigenvalue weighted by molar-refractivity contribution is -0.120. The van der Waals surface area contributed by atoms with E-state index in [9.17, 15) is 43.5 Å². The Hall–Kier alpha value is -7.64. The molecule has 0 spiro atoms. The maximum Gasteiger partial charge on any atom is 0.338 e. The molecule has 3 N–H and O–H groups in total. The van der Waals surface area contributed by atoms with Gasteiger partial charge in [-0.3, -0.25) is 37.9 Å². The van der Waals surface area contributed by atoms with E-state index in [1.54, 1.807) is 77.7 Å². The van der Waals surface area contributed by atoms with Crippen LogP contribution in [0.4, 0.5) is 11.4 Å². The van der Waals surface area contributed by atoms with Gasteiger partial charge in [-0.2, -0.15) is 9.13 Å². The van der Waals surface area contributed by atoms with Crippen molar-refractivity contribution < 1.29 is 58.2 Å². The number of hydrogen-bond acceptors (Lipinski definition) is 16. The maximum atomic E-state index is 13.2. The third-order valence-corrected chi connectivity index (χ3v) is 12.1. The zero-order chi connectivity index (χ0) is 55.1. The van der Waals surface area contributed by atoms with Gasteiger partial charge in [-0.15, -0.1) is 0 Å². The van der Waals surface area contributed by atoms with Gasteiger partial charge in [0.2, 0.25) is 11.8 Å². The predicted octanol–water partition coefficient (Wildman–Crippen LogP) is 2.87. The van der Waals surface area contributed by atoms with Crippen LogP contribution in [0.5, 0.6) is 11.5 Å². The fourth-order valence-electron chi connectivity index (χ4n) is 8.01. The van der Waals surface area contributed by atoms with Crippen LogP contribution in [0.25, 0.3) is 0 Å². The molecule has 8 rings (SSSR count). The van der Waals surface area contributed by atoms with Crippen LogP contribution in [-0.2, 0) is 28.5 Å². The predicted molar refractivity (Wildman–Crippen MR) is 286 cm³/mol. The summed E-state index contributed by atoms with van der Waals surface area (Å²) < 4.78 is 29.5. The molecule has 2 saturated heterocycles. The zero-order valence-corrected chi connectivity index (χ0v) is 43.5. The molecule has 2 aliphatic heterocycles. The Balaban J connectivity index is 0.000000217. The molecule has 0 saturated carbocycles. The highest BCUT2D eigenvalue weighted by molar-refractivity contribution is 9.09. The van der Waals surface area contributed by atoms with Crippen molar-refractivity contribution in [1.29, 1.82) is 0 Å². The molecule has 0 bridgehead atoms. The molecular formula is C54H59BrN6O16. The number of amides is 2. The van der Waals surface area contributed by atoms with Crippen molar-refractivity contribution in [1.82, 2.24) is 18.3 Å². The smallest absolute Gasteiger partial charge is 0.338 e. The lowest BCUT2D eigenvalue weighted by atomic mass is 10.2. The lowest BCUT2D eigenvalue weighted by Gasteiger charge is -2.18. The molecule has 2 aromatic heterocycles. The maximum absolute atomic E-state index is 13.2. The molecule has 2 aliphatic rings. The molecule has 2 atom stereocenters. The highest BCUT2D eigenvalue weighted by Crippen LogP contribution is 2.30. The monoisotopic (exact) mass is 1130 g/mol. The number of nitrogens with zero attached hydrogens (tertiary/aromatic N) is 6. The highest BCUT2D eigenvalue weighted by Gasteiger charge is 2.37. The second kappa shape index (κ2) is 30.2. The Bertz CT molecular complexity index is 3100. The van der Waals surface area contributed by atoms with Gasteiger partial charge in [0, 0.05) is 65.4 Å². The number of benzene rings is 4. The Morgan fingerprint density at radius 2 is 0.883 bits per heavy atom. The average Bonchev–Trinajstić information content (AvgIpc) is 4.09. The number of phenols is 1. The molecule has 4 heterocycles. The van der Waals surface area contributed by atoms with E-state index < -0.39 is 46.4 Å². The topological polar surface area (TPSA) is 270 Å². The van der Waals surface area contributed by atoms with Crippen molar-refractivity contribution >= 4 is 50.9 Å². The second-order valence-corrected chi connectivity index (χ2v) is 17.5. The van der Waals surface area contributed by atoms with Gasteiger partial charge in [0.05, 0.1) is 66.1 Å². The Morgan fingerprint density at radius 3 is 1.30 bits per heavy atom. The van der Waals surface area contributed by atoms with E-state index in [4.69, 9.17) is 33.9 Å². The van der Waals surface area contributed by atoms with Crippen molar-refractivity contribution in [2.75, 3.05) is 101 Å². The van der Waals surface area contributed by atoms with E-state index in [-0.39, 0.29) is 48.5 Å². The van der Waals surface area contributed by atoms with Crippen molar-refractivity contribution in [3.8, 4) is 11.5 Å². The summed E-state index contributed by atoms with van der Waals surface area (Å²) in [5, 5.41) is 27.2. The van der Waals surface area contributed by atoms with E-state index in [1.165, 1.54) is 53.7 Å².